The summed E-state index contributed by atoms with van der Waals surface area (Å²) >= 11 is 0. The molecular formula is C27H29N3O6S. The van der Waals surface area contributed by atoms with Crippen LogP contribution in [-0.2, 0) is 20.2 Å². The monoisotopic (exact) mass is 523 g/mol. The van der Waals surface area contributed by atoms with Gasteiger partial charge in [0.05, 0.1) is 22.6 Å². The number of aromatic nitrogens is 1. The zero-order valence-electron chi connectivity index (χ0n) is 20.6. The molecule has 1 atom stereocenters. The SMILES string of the molecule is CC(C)C(CO)NS(=O)(=O)c1ccc(-c2cccc(NC(=O)C3(c4ccc5c(c4)OCO5)CC3)n2)cc1. The van der Waals surface area contributed by atoms with Crippen molar-refractivity contribution in [1.29, 1.82) is 0 Å². The molecule has 1 unspecified atom stereocenters. The molecule has 0 bridgehead atoms. The molecule has 0 radical (unpaired) electrons. The Hall–Kier alpha value is -3.47. The van der Waals surface area contributed by atoms with Crippen LogP contribution in [0.1, 0.15) is 32.3 Å². The van der Waals surface area contributed by atoms with E-state index >= 15 is 0 Å². The Balaban J connectivity index is 1.31. The minimum absolute atomic E-state index is 0.0546. The summed E-state index contributed by atoms with van der Waals surface area (Å²) in [5.74, 6) is 1.55. The van der Waals surface area contributed by atoms with Crippen molar-refractivity contribution in [2.75, 3.05) is 18.7 Å². The van der Waals surface area contributed by atoms with E-state index in [1.54, 1.807) is 30.3 Å². The van der Waals surface area contributed by atoms with Crippen molar-refractivity contribution >= 4 is 21.7 Å². The number of benzene rings is 2. The first-order valence-corrected chi connectivity index (χ1v) is 13.6. The topological polar surface area (TPSA) is 127 Å². The van der Waals surface area contributed by atoms with Crippen LogP contribution in [0.5, 0.6) is 11.5 Å². The number of carbonyl (C=O) groups is 1. The Morgan fingerprint density at radius 1 is 1.05 bits per heavy atom. The summed E-state index contributed by atoms with van der Waals surface area (Å²) in [6, 6.07) is 16.7. The van der Waals surface area contributed by atoms with Gasteiger partial charge in [0.2, 0.25) is 22.7 Å². The lowest BCUT2D eigenvalue weighted by Gasteiger charge is -2.20. The summed E-state index contributed by atoms with van der Waals surface area (Å²) in [5, 5.41) is 12.4. The minimum atomic E-state index is -3.78. The lowest BCUT2D eigenvalue weighted by molar-refractivity contribution is -0.118. The number of nitrogens with one attached hydrogen (secondary N) is 2. The number of nitrogens with zero attached hydrogens (tertiary/aromatic N) is 1. The molecule has 3 aromatic rings. The van der Waals surface area contributed by atoms with Gasteiger partial charge in [-0.2, -0.15) is 0 Å². The van der Waals surface area contributed by atoms with Crippen molar-refractivity contribution in [3.05, 3.63) is 66.2 Å². The highest BCUT2D eigenvalue weighted by atomic mass is 32.2. The summed E-state index contributed by atoms with van der Waals surface area (Å²) in [6.45, 7) is 3.57. The number of amides is 1. The Morgan fingerprint density at radius 2 is 1.78 bits per heavy atom. The van der Waals surface area contributed by atoms with Crippen molar-refractivity contribution in [2.24, 2.45) is 5.92 Å². The van der Waals surface area contributed by atoms with Gasteiger partial charge in [-0.25, -0.2) is 18.1 Å². The van der Waals surface area contributed by atoms with Crippen LogP contribution >= 0.6 is 0 Å². The first-order chi connectivity index (χ1) is 17.7. The van der Waals surface area contributed by atoms with Gasteiger partial charge in [0.1, 0.15) is 5.82 Å². The van der Waals surface area contributed by atoms with Crippen LogP contribution in [0, 0.1) is 5.92 Å². The smallest absolute Gasteiger partial charge is 0.240 e. The predicted octanol–water partition coefficient (Wildman–Crippen LogP) is 3.44. The number of ether oxygens (including phenoxy) is 2. The van der Waals surface area contributed by atoms with E-state index < -0.39 is 21.5 Å². The average Bonchev–Trinajstić information content (AvgIpc) is 3.58. The third-order valence-corrected chi connectivity index (χ3v) is 8.37. The van der Waals surface area contributed by atoms with E-state index in [2.05, 4.69) is 15.0 Å². The molecule has 9 nitrogen and oxygen atoms in total. The third-order valence-electron chi connectivity index (χ3n) is 6.87. The van der Waals surface area contributed by atoms with Gasteiger partial charge in [0.25, 0.3) is 0 Å². The van der Waals surface area contributed by atoms with Gasteiger partial charge in [0, 0.05) is 11.6 Å². The third kappa shape index (κ3) is 5.04. The molecular weight excluding hydrogens is 494 g/mol. The second-order valence-electron chi connectivity index (χ2n) is 9.69. The maximum Gasteiger partial charge on any atom is 0.240 e. The van der Waals surface area contributed by atoms with Crippen LogP contribution in [0.25, 0.3) is 11.3 Å². The maximum atomic E-state index is 13.2. The average molecular weight is 524 g/mol. The molecule has 1 amide bonds. The van der Waals surface area contributed by atoms with Crippen LogP contribution in [0.2, 0.25) is 0 Å². The molecule has 10 heteroatoms. The Kier molecular flexibility index (Phi) is 6.65. The highest BCUT2D eigenvalue weighted by Crippen LogP contribution is 2.51. The first-order valence-electron chi connectivity index (χ1n) is 12.1. The molecule has 1 aliphatic heterocycles. The minimum Gasteiger partial charge on any atom is -0.454 e. The van der Waals surface area contributed by atoms with E-state index in [0.29, 0.717) is 28.6 Å². The van der Waals surface area contributed by atoms with Crippen molar-refractivity contribution in [3.63, 3.8) is 0 Å². The fourth-order valence-corrected chi connectivity index (χ4v) is 5.70. The van der Waals surface area contributed by atoms with Crippen molar-refractivity contribution in [2.45, 2.75) is 43.0 Å². The molecule has 3 N–H and O–H groups in total. The number of pyridine rings is 1. The van der Waals surface area contributed by atoms with Crippen LogP contribution in [-0.4, -0.2) is 43.9 Å². The van der Waals surface area contributed by atoms with Crippen LogP contribution in [0.15, 0.2) is 65.6 Å². The molecule has 37 heavy (non-hydrogen) atoms. The highest BCUT2D eigenvalue weighted by Gasteiger charge is 2.51. The summed E-state index contributed by atoms with van der Waals surface area (Å²) in [7, 11) is -3.78. The van der Waals surface area contributed by atoms with Crippen LogP contribution < -0.4 is 19.5 Å². The van der Waals surface area contributed by atoms with Gasteiger partial charge in [0.15, 0.2) is 11.5 Å². The van der Waals surface area contributed by atoms with Crippen molar-refractivity contribution in [3.8, 4) is 22.8 Å². The van der Waals surface area contributed by atoms with E-state index in [-0.39, 0.29) is 30.1 Å². The predicted molar refractivity (Wildman–Crippen MR) is 138 cm³/mol. The van der Waals surface area contributed by atoms with Crippen LogP contribution in [0.4, 0.5) is 5.82 Å². The highest BCUT2D eigenvalue weighted by molar-refractivity contribution is 7.89. The van der Waals surface area contributed by atoms with Gasteiger partial charge in [-0.05, 0) is 60.7 Å². The molecule has 1 aliphatic carbocycles. The Labute approximate surface area is 215 Å². The van der Waals surface area contributed by atoms with E-state index in [0.717, 1.165) is 18.4 Å². The van der Waals surface area contributed by atoms with Gasteiger partial charge in [-0.15, -0.1) is 0 Å². The van der Waals surface area contributed by atoms with Crippen molar-refractivity contribution in [1.82, 2.24) is 9.71 Å². The lowest BCUT2D eigenvalue weighted by Crippen LogP contribution is -2.41. The molecule has 2 aliphatic rings. The zero-order valence-corrected chi connectivity index (χ0v) is 21.4. The summed E-state index contributed by atoms with van der Waals surface area (Å²) in [5.41, 5.74) is 1.56. The van der Waals surface area contributed by atoms with Crippen molar-refractivity contribution < 1.29 is 27.8 Å². The largest absolute Gasteiger partial charge is 0.454 e. The fourth-order valence-electron chi connectivity index (χ4n) is 4.32. The zero-order chi connectivity index (χ0) is 26.2. The van der Waals surface area contributed by atoms with E-state index in [1.165, 1.54) is 12.1 Å². The second kappa shape index (κ2) is 9.77. The van der Waals surface area contributed by atoms with Gasteiger partial charge >= 0.3 is 0 Å². The molecule has 1 saturated carbocycles. The number of hydrogen-bond acceptors (Lipinski definition) is 7. The summed E-state index contributed by atoms with van der Waals surface area (Å²) < 4.78 is 38.8. The molecule has 2 aromatic carbocycles. The Bertz CT molecular complexity index is 1420. The molecule has 0 saturated heterocycles. The number of aliphatic hydroxyl groups is 1. The van der Waals surface area contributed by atoms with Crippen LogP contribution in [0.3, 0.4) is 0 Å². The molecule has 5 rings (SSSR count). The number of carbonyl (C=O) groups excluding carboxylic acids is 1. The maximum absolute atomic E-state index is 13.2. The van der Waals surface area contributed by atoms with Gasteiger partial charge < -0.3 is 19.9 Å². The molecule has 0 spiro atoms. The van der Waals surface area contributed by atoms with E-state index in [4.69, 9.17) is 9.47 Å². The number of rotatable bonds is 9. The molecule has 1 fully saturated rings. The number of aliphatic hydroxyl groups excluding tert-OH is 1. The number of hydrogen-bond donors (Lipinski definition) is 3. The number of fused-ring (bicyclic) bond motifs is 1. The summed E-state index contributed by atoms with van der Waals surface area (Å²) in [6.07, 6.45) is 1.46. The summed E-state index contributed by atoms with van der Waals surface area (Å²) in [4.78, 5) is 17.9. The van der Waals surface area contributed by atoms with E-state index in [9.17, 15) is 18.3 Å². The first kappa shape index (κ1) is 25.2. The van der Waals surface area contributed by atoms with E-state index in [1.807, 2.05) is 32.0 Å². The second-order valence-corrected chi connectivity index (χ2v) is 11.4. The quantitative estimate of drug-likeness (QED) is 0.392. The molecule has 1 aromatic heterocycles. The Morgan fingerprint density at radius 3 is 2.46 bits per heavy atom. The normalized spacial score (nSPS) is 16.4. The number of sulfonamides is 1. The molecule has 194 valence electrons. The van der Waals surface area contributed by atoms with Gasteiger partial charge in [-0.1, -0.05) is 38.1 Å². The molecule has 2 heterocycles. The standard InChI is InChI=1S/C27H29N3O6S/c1-17(2)22(15-31)30-37(33,34)20-9-6-18(7-10-20)21-4-3-5-25(28-21)29-26(32)27(12-13-27)19-8-11-23-24(14-19)36-16-35-23/h3-11,14,17,22,30-31H,12-13,15-16H2,1-2H3,(H,28,29,32). The number of anilines is 1. The fraction of sp³-hybridized carbons (Fsp3) is 0.333. The lowest BCUT2D eigenvalue weighted by atomic mass is 9.94. The van der Waals surface area contributed by atoms with Gasteiger partial charge in [-0.3, -0.25) is 4.79 Å².